The Kier molecular flexibility index (Phi) is 5.63. The molecule has 0 aliphatic carbocycles. The molecule has 2 aromatic heterocycles. The Morgan fingerprint density at radius 3 is 2.76 bits per heavy atom. The van der Waals surface area contributed by atoms with Gasteiger partial charge in [0, 0.05) is 16.9 Å². The second-order valence-corrected chi connectivity index (χ2v) is 6.63. The van der Waals surface area contributed by atoms with E-state index in [2.05, 4.69) is 20.3 Å². The summed E-state index contributed by atoms with van der Waals surface area (Å²) in [5.74, 6) is 0.758. The van der Waals surface area contributed by atoms with E-state index in [9.17, 15) is 4.79 Å². The van der Waals surface area contributed by atoms with E-state index in [-0.39, 0.29) is 11.7 Å². The quantitative estimate of drug-likeness (QED) is 0.537. The first-order chi connectivity index (χ1) is 12.1. The molecule has 0 atom stereocenters. The van der Waals surface area contributed by atoms with Gasteiger partial charge in [0.1, 0.15) is 10.9 Å². The number of amides is 1. The van der Waals surface area contributed by atoms with E-state index >= 15 is 0 Å². The topological polar surface area (TPSA) is 67.8 Å². The van der Waals surface area contributed by atoms with Crippen molar-refractivity contribution in [3.63, 3.8) is 0 Å². The van der Waals surface area contributed by atoms with Gasteiger partial charge in [-0.2, -0.15) is 0 Å². The van der Waals surface area contributed by atoms with Crippen LogP contribution < -0.4 is 5.32 Å². The van der Waals surface area contributed by atoms with Crippen LogP contribution in [0, 0.1) is 6.92 Å². The molecule has 0 aliphatic heterocycles. The number of rotatable bonds is 5. The monoisotopic (exact) mass is 370 g/mol. The van der Waals surface area contributed by atoms with Crippen LogP contribution in [0.2, 0.25) is 5.02 Å². The molecule has 0 fully saturated rings. The number of hydrogen-bond donors (Lipinski definition) is 1. The lowest BCUT2D eigenvalue weighted by Crippen LogP contribution is -2.14. The molecule has 0 radical (unpaired) electrons. The van der Waals surface area contributed by atoms with Crippen molar-refractivity contribution in [2.45, 2.75) is 11.9 Å². The van der Waals surface area contributed by atoms with Gasteiger partial charge in [-0.05, 0) is 43.3 Å². The highest BCUT2D eigenvalue weighted by molar-refractivity contribution is 7.99. The van der Waals surface area contributed by atoms with Gasteiger partial charge in [-0.25, -0.2) is 9.97 Å². The van der Waals surface area contributed by atoms with Crippen LogP contribution in [0.5, 0.6) is 0 Å². The summed E-state index contributed by atoms with van der Waals surface area (Å²) in [6.07, 6.45) is 1.72. The van der Waals surface area contributed by atoms with Crippen molar-refractivity contribution < 1.29 is 4.79 Å². The van der Waals surface area contributed by atoms with Crippen LogP contribution in [0.1, 0.15) is 5.82 Å². The lowest BCUT2D eigenvalue weighted by Gasteiger charge is -2.07. The molecule has 7 heteroatoms. The summed E-state index contributed by atoms with van der Waals surface area (Å²) in [6.45, 7) is 1.82. The van der Waals surface area contributed by atoms with Crippen molar-refractivity contribution >= 4 is 35.0 Å². The number of anilines is 1. The van der Waals surface area contributed by atoms with Gasteiger partial charge in [0.15, 0.2) is 0 Å². The molecule has 0 saturated carbocycles. The van der Waals surface area contributed by atoms with E-state index in [1.165, 1.54) is 11.8 Å². The molecule has 126 valence electrons. The Morgan fingerprint density at radius 2 is 2.00 bits per heavy atom. The number of carbonyl (C=O) groups is 1. The van der Waals surface area contributed by atoms with Crippen molar-refractivity contribution in [1.29, 1.82) is 0 Å². The van der Waals surface area contributed by atoms with E-state index in [1.807, 2.05) is 31.2 Å². The molecule has 2 heterocycles. The third-order valence-corrected chi connectivity index (χ3v) is 4.35. The largest absolute Gasteiger partial charge is 0.325 e. The molecule has 1 aromatic carbocycles. The molecule has 0 spiro atoms. The molecule has 25 heavy (non-hydrogen) atoms. The number of nitrogens with one attached hydrogen (secondary N) is 1. The maximum Gasteiger partial charge on any atom is 0.234 e. The predicted octanol–water partition coefficient (Wildman–Crippen LogP) is 4.23. The van der Waals surface area contributed by atoms with Gasteiger partial charge in [0.2, 0.25) is 5.91 Å². The number of pyridine rings is 1. The highest BCUT2D eigenvalue weighted by Crippen LogP contribution is 2.22. The minimum atomic E-state index is -0.122. The van der Waals surface area contributed by atoms with Gasteiger partial charge in [-0.15, -0.1) is 0 Å². The Morgan fingerprint density at radius 1 is 1.12 bits per heavy atom. The summed E-state index contributed by atoms with van der Waals surface area (Å²) < 4.78 is 0. The molecule has 0 aliphatic rings. The molecule has 0 unspecified atom stereocenters. The Hall–Kier alpha value is -2.44. The SMILES string of the molecule is Cc1nc(SCC(=O)Nc2cccc(Cl)c2)cc(-c2ccccn2)n1. The van der Waals surface area contributed by atoms with Crippen LogP contribution in [0.4, 0.5) is 5.69 Å². The summed E-state index contributed by atoms with van der Waals surface area (Å²) in [6, 6.07) is 14.5. The lowest BCUT2D eigenvalue weighted by atomic mass is 10.2. The van der Waals surface area contributed by atoms with Crippen LogP contribution in [-0.2, 0) is 4.79 Å². The average Bonchev–Trinajstić information content (AvgIpc) is 2.60. The maximum absolute atomic E-state index is 12.1. The third-order valence-electron chi connectivity index (χ3n) is 3.20. The molecule has 1 amide bonds. The molecular weight excluding hydrogens is 356 g/mol. The molecule has 1 N–H and O–H groups in total. The summed E-state index contributed by atoms with van der Waals surface area (Å²) in [7, 11) is 0. The Bertz CT molecular complexity index is 889. The first-order valence-electron chi connectivity index (χ1n) is 7.55. The minimum absolute atomic E-state index is 0.122. The predicted molar refractivity (Wildman–Crippen MR) is 101 cm³/mol. The molecule has 5 nitrogen and oxygen atoms in total. The smallest absolute Gasteiger partial charge is 0.234 e. The highest BCUT2D eigenvalue weighted by Gasteiger charge is 2.09. The average molecular weight is 371 g/mol. The number of halogens is 1. The third kappa shape index (κ3) is 5.01. The van der Waals surface area contributed by atoms with E-state index < -0.39 is 0 Å². The summed E-state index contributed by atoms with van der Waals surface area (Å²) in [4.78, 5) is 25.2. The van der Waals surface area contributed by atoms with Crippen LogP contribution in [0.3, 0.4) is 0 Å². The molecular formula is C18H15ClN4OS. The fourth-order valence-corrected chi connectivity index (χ4v) is 3.10. The van der Waals surface area contributed by atoms with Crippen LogP contribution in [-0.4, -0.2) is 26.6 Å². The fourth-order valence-electron chi connectivity index (χ4n) is 2.16. The Balaban J connectivity index is 1.67. The van der Waals surface area contributed by atoms with Gasteiger partial charge in [-0.1, -0.05) is 35.5 Å². The van der Waals surface area contributed by atoms with Crippen LogP contribution in [0.25, 0.3) is 11.4 Å². The van der Waals surface area contributed by atoms with Crippen molar-refractivity contribution in [3.8, 4) is 11.4 Å². The molecule has 3 aromatic rings. The lowest BCUT2D eigenvalue weighted by molar-refractivity contribution is -0.113. The number of aryl methyl sites for hydroxylation is 1. The van der Waals surface area contributed by atoms with Gasteiger partial charge in [0.05, 0.1) is 17.1 Å². The number of aromatic nitrogens is 3. The zero-order valence-corrected chi connectivity index (χ0v) is 15.0. The van der Waals surface area contributed by atoms with Crippen molar-refractivity contribution in [2.24, 2.45) is 0 Å². The molecule has 0 saturated heterocycles. The molecule has 0 bridgehead atoms. The van der Waals surface area contributed by atoms with Crippen molar-refractivity contribution in [1.82, 2.24) is 15.0 Å². The first kappa shape index (κ1) is 17.4. The number of nitrogens with zero attached hydrogens (tertiary/aromatic N) is 3. The van der Waals surface area contributed by atoms with Gasteiger partial charge in [0.25, 0.3) is 0 Å². The van der Waals surface area contributed by atoms with Crippen molar-refractivity contribution in [3.05, 3.63) is 65.6 Å². The van der Waals surface area contributed by atoms with Gasteiger partial charge >= 0.3 is 0 Å². The van der Waals surface area contributed by atoms with E-state index in [1.54, 1.807) is 30.5 Å². The van der Waals surface area contributed by atoms with E-state index in [0.29, 0.717) is 16.5 Å². The number of thioether (sulfide) groups is 1. The van der Waals surface area contributed by atoms with Gasteiger partial charge < -0.3 is 5.32 Å². The van der Waals surface area contributed by atoms with Gasteiger partial charge in [-0.3, -0.25) is 9.78 Å². The zero-order valence-electron chi connectivity index (χ0n) is 13.4. The fraction of sp³-hybridized carbons (Fsp3) is 0.111. The van der Waals surface area contributed by atoms with Crippen LogP contribution in [0.15, 0.2) is 59.8 Å². The van der Waals surface area contributed by atoms with E-state index in [0.717, 1.165) is 16.4 Å². The second-order valence-electron chi connectivity index (χ2n) is 5.20. The highest BCUT2D eigenvalue weighted by atomic mass is 35.5. The standard InChI is InChI=1S/C18H15ClN4OS/c1-12-21-16(15-7-2-3-8-20-15)10-18(22-12)25-11-17(24)23-14-6-4-5-13(19)9-14/h2-10H,11H2,1H3,(H,23,24). The van der Waals surface area contributed by atoms with Crippen LogP contribution >= 0.6 is 23.4 Å². The summed E-state index contributed by atoms with van der Waals surface area (Å²) in [5, 5.41) is 4.13. The number of benzene rings is 1. The Labute approximate surface area is 154 Å². The zero-order chi connectivity index (χ0) is 17.6. The summed E-state index contributed by atoms with van der Waals surface area (Å²) in [5.41, 5.74) is 2.19. The normalized spacial score (nSPS) is 10.5. The second kappa shape index (κ2) is 8.09. The number of hydrogen-bond acceptors (Lipinski definition) is 5. The maximum atomic E-state index is 12.1. The summed E-state index contributed by atoms with van der Waals surface area (Å²) >= 11 is 7.27. The van der Waals surface area contributed by atoms with E-state index in [4.69, 9.17) is 11.6 Å². The number of carbonyl (C=O) groups excluding carboxylic acids is 1. The minimum Gasteiger partial charge on any atom is -0.325 e. The first-order valence-corrected chi connectivity index (χ1v) is 8.92. The van der Waals surface area contributed by atoms with Crippen molar-refractivity contribution in [2.75, 3.05) is 11.1 Å². The molecule has 3 rings (SSSR count).